The maximum absolute atomic E-state index is 6.28. The van der Waals surface area contributed by atoms with Crippen LogP contribution < -0.4 is 0 Å². The lowest BCUT2D eigenvalue weighted by Gasteiger charge is -2.14. The molecule has 1 atom stereocenters. The second-order valence-corrected chi connectivity index (χ2v) is 7.68. The molecule has 1 aliphatic heterocycles. The number of aryl methyl sites for hydroxylation is 1. The van der Waals surface area contributed by atoms with Crippen molar-refractivity contribution in [2.75, 3.05) is 6.61 Å². The summed E-state index contributed by atoms with van der Waals surface area (Å²) < 4.78 is 9.75. The summed E-state index contributed by atoms with van der Waals surface area (Å²) in [7, 11) is 1.90. The van der Waals surface area contributed by atoms with Gasteiger partial charge in [-0.1, -0.05) is 41.6 Å². The van der Waals surface area contributed by atoms with Gasteiger partial charge >= 0.3 is 0 Å². The van der Waals surface area contributed by atoms with Gasteiger partial charge in [-0.3, -0.25) is 9.25 Å². The number of benzene rings is 1. The maximum atomic E-state index is 6.28. The average Bonchev–Trinajstić information content (AvgIpc) is 3.37. The first-order chi connectivity index (χ1) is 12.7. The first-order valence-electron chi connectivity index (χ1n) is 8.61. The molecule has 3 heterocycles. The van der Waals surface area contributed by atoms with E-state index in [9.17, 15) is 0 Å². The molecule has 8 heteroatoms. The Labute approximate surface area is 161 Å². The molecular formula is C18H20ClN5OS. The molecule has 3 aromatic rings. The number of rotatable bonds is 6. The second-order valence-electron chi connectivity index (χ2n) is 6.33. The van der Waals surface area contributed by atoms with Crippen LogP contribution in [-0.4, -0.2) is 37.3 Å². The minimum atomic E-state index is 0.209. The molecule has 0 aliphatic carbocycles. The Balaban J connectivity index is 1.60. The fraction of sp³-hybridized carbons (Fsp3) is 0.389. The minimum Gasteiger partial charge on any atom is -0.376 e. The third-order valence-electron chi connectivity index (χ3n) is 4.40. The Hall–Kier alpha value is -1.83. The highest BCUT2D eigenvalue weighted by atomic mass is 35.5. The summed E-state index contributed by atoms with van der Waals surface area (Å²) in [6, 6.07) is 7.89. The number of thioether (sulfide) groups is 1. The van der Waals surface area contributed by atoms with Gasteiger partial charge in [0.1, 0.15) is 0 Å². The second kappa shape index (κ2) is 7.82. The van der Waals surface area contributed by atoms with Crippen LogP contribution in [0.2, 0.25) is 5.02 Å². The van der Waals surface area contributed by atoms with E-state index in [0.29, 0.717) is 0 Å². The number of hydrogen-bond donors (Lipinski definition) is 0. The van der Waals surface area contributed by atoms with Crippen LogP contribution in [0.4, 0.5) is 0 Å². The van der Waals surface area contributed by atoms with Crippen LogP contribution in [0.25, 0.3) is 11.4 Å². The van der Waals surface area contributed by atoms with Crippen molar-refractivity contribution in [3.05, 3.63) is 47.2 Å². The van der Waals surface area contributed by atoms with Gasteiger partial charge in [0, 0.05) is 30.6 Å². The summed E-state index contributed by atoms with van der Waals surface area (Å²) in [6.45, 7) is 1.58. The fourth-order valence-electron chi connectivity index (χ4n) is 3.06. The summed E-state index contributed by atoms with van der Waals surface area (Å²) in [6.07, 6.45) is 6.16. The lowest BCUT2D eigenvalue weighted by molar-refractivity contribution is 0.0953. The van der Waals surface area contributed by atoms with Crippen molar-refractivity contribution in [2.45, 2.75) is 36.4 Å². The molecule has 6 nitrogen and oxygen atoms in total. The molecular weight excluding hydrogens is 370 g/mol. The molecule has 1 aliphatic rings. The third-order valence-corrected chi connectivity index (χ3v) is 5.79. The fourth-order valence-corrected chi connectivity index (χ4v) is 4.29. The Bertz CT molecular complexity index is 887. The van der Waals surface area contributed by atoms with Crippen molar-refractivity contribution >= 4 is 23.4 Å². The van der Waals surface area contributed by atoms with Crippen molar-refractivity contribution < 1.29 is 4.74 Å². The van der Waals surface area contributed by atoms with E-state index in [-0.39, 0.29) is 6.10 Å². The predicted octanol–water partition coefficient (Wildman–Crippen LogP) is 3.80. The summed E-state index contributed by atoms with van der Waals surface area (Å²) in [5.41, 5.74) is 2.05. The summed E-state index contributed by atoms with van der Waals surface area (Å²) in [4.78, 5) is 0. The van der Waals surface area contributed by atoms with Gasteiger partial charge in [0.15, 0.2) is 11.0 Å². The lowest BCUT2D eigenvalue weighted by atomic mass is 10.2. The van der Waals surface area contributed by atoms with E-state index in [1.165, 1.54) is 0 Å². The molecule has 0 N–H and O–H groups in total. The Kier molecular flexibility index (Phi) is 5.28. The van der Waals surface area contributed by atoms with Gasteiger partial charge < -0.3 is 4.74 Å². The van der Waals surface area contributed by atoms with E-state index in [2.05, 4.69) is 19.9 Å². The molecule has 136 valence electrons. The van der Waals surface area contributed by atoms with Crippen LogP contribution in [0, 0.1) is 0 Å². The van der Waals surface area contributed by atoms with E-state index in [1.54, 1.807) is 16.4 Å². The first kappa shape index (κ1) is 17.6. The standard InChI is InChI=1S/C18H20ClN5OS/c1-23-10-14(9-20-23)17-21-22-18(24(17)11-15-6-4-8-25-15)26-12-13-5-2-3-7-16(13)19/h2-3,5,7,9-10,15H,4,6,8,11-12H2,1H3/t15-/m1/s1. The van der Waals surface area contributed by atoms with Crippen molar-refractivity contribution in [1.82, 2.24) is 24.5 Å². The zero-order valence-corrected chi connectivity index (χ0v) is 16.1. The van der Waals surface area contributed by atoms with Gasteiger partial charge in [0.2, 0.25) is 0 Å². The van der Waals surface area contributed by atoms with Crippen molar-refractivity contribution in [1.29, 1.82) is 0 Å². The van der Waals surface area contributed by atoms with Gasteiger partial charge in [-0.15, -0.1) is 10.2 Å². The van der Waals surface area contributed by atoms with Crippen molar-refractivity contribution in [3.8, 4) is 11.4 Å². The van der Waals surface area contributed by atoms with E-state index >= 15 is 0 Å². The first-order valence-corrected chi connectivity index (χ1v) is 9.97. The Morgan fingerprint density at radius 2 is 2.19 bits per heavy atom. The SMILES string of the molecule is Cn1cc(-c2nnc(SCc3ccccc3Cl)n2C[C@H]2CCCO2)cn1. The average molecular weight is 390 g/mol. The van der Waals surface area contributed by atoms with Crippen LogP contribution in [0.5, 0.6) is 0 Å². The summed E-state index contributed by atoms with van der Waals surface area (Å²) >= 11 is 7.93. The molecule has 0 saturated carbocycles. The summed E-state index contributed by atoms with van der Waals surface area (Å²) in [5, 5.41) is 14.8. The molecule has 0 amide bonds. The van der Waals surface area contributed by atoms with Gasteiger partial charge in [-0.05, 0) is 24.5 Å². The quantitative estimate of drug-likeness (QED) is 0.600. The normalized spacial score (nSPS) is 17.1. The molecule has 4 rings (SSSR count). The molecule has 1 aromatic carbocycles. The van der Waals surface area contributed by atoms with E-state index < -0.39 is 0 Å². The Morgan fingerprint density at radius 1 is 1.31 bits per heavy atom. The van der Waals surface area contributed by atoms with E-state index in [0.717, 1.165) is 58.9 Å². The molecule has 0 bridgehead atoms. The monoisotopic (exact) mass is 389 g/mol. The largest absolute Gasteiger partial charge is 0.376 e. The minimum absolute atomic E-state index is 0.209. The van der Waals surface area contributed by atoms with E-state index in [1.807, 2.05) is 43.7 Å². The summed E-state index contributed by atoms with van der Waals surface area (Å²) in [5.74, 6) is 1.58. The lowest BCUT2D eigenvalue weighted by Crippen LogP contribution is -2.16. The smallest absolute Gasteiger partial charge is 0.191 e. The van der Waals surface area contributed by atoms with Crippen LogP contribution in [0.15, 0.2) is 41.8 Å². The molecule has 1 saturated heterocycles. The van der Waals surface area contributed by atoms with Crippen LogP contribution >= 0.6 is 23.4 Å². The predicted molar refractivity (Wildman–Crippen MR) is 102 cm³/mol. The molecule has 0 spiro atoms. The molecule has 0 unspecified atom stereocenters. The van der Waals surface area contributed by atoms with Gasteiger partial charge in [-0.2, -0.15) is 5.10 Å². The van der Waals surface area contributed by atoms with Crippen LogP contribution in [0.1, 0.15) is 18.4 Å². The van der Waals surface area contributed by atoms with Crippen molar-refractivity contribution in [2.24, 2.45) is 7.05 Å². The number of halogens is 1. The Morgan fingerprint density at radius 3 is 2.92 bits per heavy atom. The highest BCUT2D eigenvalue weighted by molar-refractivity contribution is 7.98. The number of hydrogen-bond acceptors (Lipinski definition) is 5. The molecule has 1 fully saturated rings. The number of ether oxygens (including phenoxy) is 1. The van der Waals surface area contributed by atoms with Crippen LogP contribution in [0.3, 0.4) is 0 Å². The van der Waals surface area contributed by atoms with Crippen LogP contribution in [-0.2, 0) is 24.1 Å². The van der Waals surface area contributed by atoms with Gasteiger partial charge in [0.25, 0.3) is 0 Å². The van der Waals surface area contributed by atoms with Crippen molar-refractivity contribution in [3.63, 3.8) is 0 Å². The van der Waals surface area contributed by atoms with Gasteiger partial charge in [0.05, 0.1) is 24.4 Å². The maximum Gasteiger partial charge on any atom is 0.191 e. The zero-order chi connectivity index (χ0) is 17.9. The topological polar surface area (TPSA) is 57.8 Å². The third kappa shape index (κ3) is 3.79. The number of aromatic nitrogens is 5. The highest BCUT2D eigenvalue weighted by Crippen LogP contribution is 2.29. The molecule has 2 aromatic heterocycles. The highest BCUT2D eigenvalue weighted by Gasteiger charge is 2.22. The van der Waals surface area contributed by atoms with Gasteiger partial charge in [-0.25, -0.2) is 0 Å². The zero-order valence-electron chi connectivity index (χ0n) is 14.5. The van der Waals surface area contributed by atoms with E-state index in [4.69, 9.17) is 16.3 Å². The number of nitrogens with zero attached hydrogens (tertiary/aromatic N) is 5. The molecule has 26 heavy (non-hydrogen) atoms. The molecule has 0 radical (unpaired) electrons.